The molecule has 0 fully saturated rings. The maximum absolute atomic E-state index is 12.3. The first-order valence-electron chi connectivity index (χ1n) is 7.42. The fourth-order valence-corrected chi connectivity index (χ4v) is 2.98. The summed E-state index contributed by atoms with van der Waals surface area (Å²) in [4.78, 5) is 13.5. The molecule has 0 radical (unpaired) electrons. The molecule has 4 heteroatoms. The van der Waals surface area contributed by atoms with Crippen molar-refractivity contribution in [2.24, 2.45) is 0 Å². The van der Waals surface area contributed by atoms with Crippen molar-refractivity contribution >= 4 is 22.9 Å². The van der Waals surface area contributed by atoms with E-state index < -0.39 is 0 Å². The first-order chi connectivity index (χ1) is 10.2. The first kappa shape index (κ1) is 15.6. The molecule has 1 atom stereocenters. The van der Waals surface area contributed by atoms with Crippen molar-refractivity contribution in [2.45, 2.75) is 32.7 Å². The minimum atomic E-state index is -0.0164. The van der Waals surface area contributed by atoms with Gasteiger partial charge in [0.15, 0.2) is 0 Å². The Kier molecular flexibility index (Phi) is 5.81. The molecule has 1 aromatic heterocycles. The quantitative estimate of drug-likeness (QED) is 0.793. The zero-order valence-electron chi connectivity index (χ0n) is 12.6. The highest BCUT2D eigenvalue weighted by molar-refractivity contribution is 7.10. The average molecular weight is 302 g/mol. The van der Waals surface area contributed by atoms with Crippen LogP contribution in [0.4, 0.5) is 5.69 Å². The molecule has 0 aliphatic carbocycles. The second-order valence-corrected chi connectivity index (χ2v) is 5.93. The first-order valence-corrected chi connectivity index (χ1v) is 8.30. The normalized spacial score (nSPS) is 11.9. The van der Waals surface area contributed by atoms with E-state index in [1.807, 2.05) is 35.7 Å². The molecule has 0 aliphatic rings. The van der Waals surface area contributed by atoms with Gasteiger partial charge in [-0.2, -0.15) is 0 Å². The molecule has 0 aliphatic heterocycles. The van der Waals surface area contributed by atoms with Gasteiger partial charge in [0.2, 0.25) is 0 Å². The average Bonchev–Trinajstić information content (AvgIpc) is 3.05. The highest BCUT2D eigenvalue weighted by atomic mass is 32.1. The lowest BCUT2D eigenvalue weighted by Crippen LogP contribution is -2.27. The summed E-state index contributed by atoms with van der Waals surface area (Å²) >= 11 is 1.68. The molecule has 2 aromatic rings. The number of hydrogen-bond donors (Lipinski definition) is 2. The lowest BCUT2D eigenvalue weighted by Gasteiger charge is -2.15. The van der Waals surface area contributed by atoms with Crippen LogP contribution in [0, 0.1) is 0 Å². The fourth-order valence-electron chi connectivity index (χ4n) is 2.11. The van der Waals surface area contributed by atoms with Gasteiger partial charge >= 0.3 is 0 Å². The highest BCUT2D eigenvalue weighted by Crippen LogP contribution is 2.22. The predicted molar refractivity (Wildman–Crippen MR) is 90.0 cm³/mol. The van der Waals surface area contributed by atoms with Gasteiger partial charge in [-0.3, -0.25) is 4.79 Å². The maximum Gasteiger partial charge on any atom is 0.251 e. The molecule has 1 amide bonds. The topological polar surface area (TPSA) is 41.1 Å². The molecule has 1 aromatic carbocycles. The lowest BCUT2D eigenvalue weighted by molar-refractivity contribution is 0.0936. The largest absolute Gasteiger partial charge is 0.385 e. The van der Waals surface area contributed by atoms with Crippen molar-refractivity contribution in [3.63, 3.8) is 0 Å². The van der Waals surface area contributed by atoms with Crippen LogP contribution in [0.5, 0.6) is 0 Å². The molecule has 112 valence electrons. The van der Waals surface area contributed by atoms with Crippen molar-refractivity contribution in [1.82, 2.24) is 5.32 Å². The van der Waals surface area contributed by atoms with E-state index in [2.05, 4.69) is 30.5 Å². The zero-order valence-corrected chi connectivity index (χ0v) is 13.4. The number of carbonyl (C=O) groups excluding carboxylic acids is 1. The molecule has 0 bridgehead atoms. The number of nitrogens with one attached hydrogen (secondary N) is 2. The van der Waals surface area contributed by atoms with Gasteiger partial charge in [-0.15, -0.1) is 11.3 Å². The third kappa shape index (κ3) is 4.33. The van der Waals surface area contributed by atoms with E-state index in [1.165, 1.54) is 4.88 Å². The van der Waals surface area contributed by atoms with Gasteiger partial charge in [-0.1, -0.05) is 19.9 Å². The van der Waals surface area contributed by atoms with Crippen LogP contribution in [-0.2, 0) is 0 Å². The summed E-state index contributed by atoms with van der Waals surface area (Å²) in [5, 5.41) is 8.44. The Balaban J connectivity index is 1.99. The standard InChI is InChI=1S/C17H22N2OS/c1-3-11-18-14-9-7-13(8-10-14)17(20)19-15(4-2)16-6-5-12-21-16/h5-10,12,15,18H,3-4,11H2,1-2H3,(H,19,20). The number of hydrogen-bond acceptors (Lipinski definition) is 3. The Morgan fingerprint density at radius 1 is 1.19 bits per heavy atom. The SMILES string of the molecule is CCCNc1ccc(C(=O)NC(CC)c2cccs2)cc1. The monoisotopic (exact) mass is 302 g/mol. The Morgan fingerprint density at radius 2 is 1.95 bits per heavy atom. The molecule has 0 saturated carbocycles. The van der Waals surface area contributed by atoms with Gasteiger partial charge in [0.25, 0.3) is 5.91 Å². The second kappa shape index (κ2) is 7.84. The van der Waals surface area contributed by atoms with Crippen LogP contribution in [0.3, 0.4) is 0 Å². The minimum absolute atomic E-state index is 0.0164. The van der Waals surface area contributed by atoms with Gasteiger partial charge in [0.1, 0.15) is 0 Å². The summed E-state index contributed by atoms with van der Waals surface area (Å²) in [6.07, 6.45) is 1.98. The third-order valence-electron chi connectivity index (χ3n) is 3.33. The van der Waals surface area contributed by atoms with E-state index in [-0.39, 0.29) is 11.9 Å². The van der Waals surface area contributed by atoms with Crippen molar-refractivity contribution in [2.75, 3.05) is 11.9 Å². The fraction of sp³-hybridized carbons (Fsp3) is 0.353. The number of thiophene rings is 1. The molecule has 21 heavy (non-hydrogen) atoms. The van der Waals surface area contributed by atoms with Crippen molar-refractivity contribution in [3.05, 3.63) is 52.2 Å². The van der Waals surface area contributed by atoms with Gasteiger partial charge < -0.3 is 10.6 Å². The molecule has 3 nitrogen and oxygen atoms in total. The second-order valence-electron chi connectivity index (χ2n) is 4.95. The Bertz CT molecular complexity index is 549. The van der Waals surface area contributed by atoms with Crippen molar-refractivity contribution in [3.8, 4) is 0 Å². The van der Waals surface area contributed by atoms with Crippen LogP contribution >= 0.6 is 11.3 Å². The van der Waals surface area contributed by atoms with Crippen molar-refractivity contribution < 1.29 is 4.79 Å². The third-order valence-corrected chi connectivity index (χ3v) is 4.31. The summed E-state index contributed by atoms with van der Waals surface area (Å²) < 4.78 is 0. The summed E-state index contributed by atoms with van der Waals surface area (Å²) in [5.74, 6) is -0.0164. The van der Waals surface area contributed by atoms with Crippen LogP contribution in [0.25, 0.3) is 0 Å². The highest BCUT2D eigenvalue weighted by Gasteiger charge is 2.14. The smallest absolute Gasteiger partial charge is 0.251 e. The van der Waals surface area contributed by atoms with E-state index in [0.717, 1.165) is 25.1 Å². The summed E-state index contributed by atoms with van der Waals surface area (Å²) in [7, 11) is 0. The van der Waals surface area contributed by atoms with E-state index in [1.54, 1.807) is 11.3 Å². The van der Waals surface area contributed by atoms with Crippen LogP contribution in [0.15, 0.2) is 41.8 Å². The number of carbonyl (C=O) groups is 1. The van der Waals surface area contributed by atoms with E-state index in [9.17, 15) is 4.79 Å². The molecule has 2 N–H and O–H groups in total. The predicted octanol–water partition coefficient (Wildman–Crippen LogP) is 4.45. The Hall–Kier alpha value is -1.81. The van der Waals surface area contributed by atoms with Crippen LogP contribution < -0.4 is 10.6 Å². The number of benzene rings is 1. The van der Waals surface area contributed by atoms with Crippen molar-refractivity contribution in [1.29, 1.82) is 0 Å². The zero-order chi connectivity index (χ0) is 15.1. The van der Waals surface area contributed by atoms with E-state index in [4.69, 9.17) is 0 Å². The Labute approximate surface area is 130 Å². The molecule has 1 unspecified atom stereocenters. The van der Waals surface area contributed by atoms with Crippen LogP contribution in [0.1, 0.15) is 48.0 Å². The number of amides is 1. The summed E-state index contributed by atoms with van der Waals surface area (Å²) in [5.41, 5.74) is 1.76. The van der Waals surface area contributed by atoms with Gasteiger partial charge in [-0.25, -0.2) is 0 Å². The molecular formula is C17H22N2OS. The number of anilines is 1. The van der Waals surface area contributed by atoms with Crippen LogP contribution in [-0.4, -0.2) is 12.5 Å². The molecule has 0 spiro atoms. The summed E-state index contributed by atoms with van der Waals surface area (Å²) in [6, 6.07) is 11.8. The van der Waals surface area contributed by atoms with E-state index >= 15 is 0 Å². The van der Waals surface area contributed by atoms with E-state index in [0.29, 0.717) is 5.56 Å². The Morgan fingerprint density at radius 3 is 2.52 bits per heavy atom. The molecule has 2 rings (SSSR count). The maximum atomic E-state index is 12.3. The van der Waals surface area contributed by atoms with Gasteiger partial charge in [0, 0.05) is 22.7 Å². The lowest BCUT2D eigenvalue weighted by atomic mass is 10.1. The molecule has 1 heterocycles. The molecule has 0 saturated heterocycles. The molecular weight excluding hydrogens is 280 g/mol. The van der Waals surface area contributed by atoms with Gasteiger partial charge in [0.05, 0.1) is 6.04 Å². The van der Waals surface area contributed by atoms with Crippen LogP contribution in [0.2, 0.25) is 0 Å². The number of rotatable bonds is 7. The minimum Gasteiger partial charge on any atom is -0.385 e. The van der Waals surface area contributed by atoms with Gasteiger partial charge in [-0.05, 0) is 48.6 Å². The summed E-state index contributed by atoms with van der Waals surface area (Å²) in [6.45, 7) is 5.16.